The van der Waals surface area contributed by atoms with E-state index >= 15 is 0 Å². The fourth-order valence-corrected chi connectivity index (χ4v) is 2.88. The fourth-order valence-electron chi connectivity index (χ4n) is 2.00. The Morgan fingerprint density at radius 1 is 1.21 bits per heavy atom. The summed E-state index contributed by atoms with van der Waals surface area (Å²) in [4.78, 5) is 16.2. The van der Waals surface area contributed by atoms with Crippen molar-refractivity contribution in [3.05, 3.63) is 64.0 Å². The maximum Gasteiger partial charge on any atom is 0.261 e. The molecule has 3 rings (SSSR count). The predicted octanol–water partition coefficient (Wildman–Crippen LogP) is 4.70. The van der Waals surface area contributed by atoms with Gasteiger partial charge in [0.15, 0.2) is 5.13 Å². The van der Waals surface area contributed by atoms with Crippen molar-refractivity contribution < 1.29 is 18.7 Å². The summed E-state index contributed by atoms with van der Waals surface area (Å²) < 4.78 is 27.0. The van der Waals surface area contributed by atoms with Crippen LogP contribution in [0.5, 0.6) is 5.75 Å². The average molecular weight is 367 g/mol. The number of hydrogen-bond donors (Lipinski definition) is 2. The molecule has 0 spiro atoms. The van der Waals surface area contributed by atoms with Gasteiger partial charge >= 0.3 is 0 Å². The van der Waals surface area contributed by atoms with Gasteiger partial charge in [-0.1, -0.05) is 11.6 Å². The Morgan fingerprint density at radius 2 is 2.00 bits per heavy atom. The first-order valence-corrected chi connectivity index (χ1v) is 7.90. The second-order valence-corrected chi connectivity index (χ2v) is 6.07. The van der Waals surface area contributed by atoms with E-state index in [1.54, 1.807) is 0 Å². The first-order valence-electron chi connectivity index (χ1n) is 6.65. The molecule has 0 aliphatic heterocycles. The minimum absolute atomic E-state index is 0.00245. The number of benzene rings is 2. The van der Waals surface area contributed by atoms with E-state index in [2.05, 4.69) is 10.3 Å². The quantitative estimate of drug-likeness (QED) is 0.706. The highest BCUT2D eigenvalue weighted by atomic mass is 35.5. The zero-order valence-electron chi connectivity index (χ0n) is 11.9. The van der Waals surface area contributed by atoms with Gasteiger partial charge in [-0.3, -0.25) is 10.1 Å². The molecule has 1 amide bonds. The molecule has 0 aliphatic rings. The molecule has 3 aromatic rings. The number of amides is 1. The molecule has 8 heteroatoms. The monoisotopic (exact) mass is 366 g/mol. The van der Waals surface area contributed by atoms with Crippen molar-refractivity contribution in [1.82, 2.24) is 4.98 Å². The van der Waals surface area contributed by atoms with Crippen LogP contribution in [0.4, 0.5) is 13.9 Å². The first kappa shape index (κ1) is 16.4. The van der Waals surface area contributed by atoms with Crippen molar-refractivity contribution in [1.29, 1.82) is 0 Å². The van der Waals surface area contributed by atoms with E-state index < -0.39 is 17.5 Å². The molecular formula is C16H9ClF2N2O2S. The molecule has 0 unspecified atom stereocenters. The third kappa shape index (κ3) is 3.37. The number of carbonyl (C=O) groups is 1. The molecule has 0 saturated heterocycles. The second kappa shape index (κ2) is 6.54. The van der Waals surface area contributed by atoms with Crippen molar-refractivity contribution in [3.63, 3.8) is 0 Å². The van der Waals surface area contributed by atoms with Crippen LogP contribution in [0.15, 0.2) is 41.8 Å². The number of carbonyl (C=O) groups excluding carboxylic acids is 1. The standard InChI is InChI=1S/C16H9ClF2N2O2S/c17-8-1-4-14(22)11(5-8)15(23)21-16-20-13(7-24-16)10-6-9(18)2-3-12(10)19/h1-7,22H,(H,20,21,23). The van der Waals surface area contributed by atoms with Gasteiger partial charge in [0.25, 0.3) is 5.91 Å². The number of thiazole rings is 1. The van der Waals surface area contributed by atoms with Gasteiger partial charge in [0.05, 0.1) is 11.3 Å². The molecule has 0 bridgehead atoms. The molecule has 2 aromatic carbocycles. The summed E-state index contributed by atoms with van der Waals surface area (Å²) in [6.45, 7) is 0. The second-order valence-electron chi connectivity index (χ2n) is 4.78. The SMILES string of the molecule is O=C(Nc1nc(-c2cc(F)ccc2F)cs1)c1cc(Cl)ccc1O. The van der Waals surface area contributed by atoms with E-state index in [1.807, 2.05) is 0 Å². The lowest BCUT2D eigenvalue weighted by molar-refractivity contribution is 0.102. The first-order chi connectivity index (χ1) is 11.4. The van der Waals surface area contributed by atoms with Gasteiger partial charge in [-0.25, -0.2) is 13.8 Å². The summed E-state index contributed by atoms with van der Waals surface area (Å²) in [7, 11) is 0. The van der Waals surface area contributed by atoms with E-state index in [9.17, 15) is 18.7 Å². The number of phenolic OH excluding ortho intramolecular Hbond substituents is 1. The van der Waals surface area contributed by atoms with Gasteiger partial charge in [-0.15, -0.1) is 11.3 Å². The van der Waals surface area contributed by atoms with Crippen molar-refractivity contribution in [2.75, 3.05) is 5.32 Å². The molecule has 2 N–H and O–H groups in total. The van der Waals surface area contributed by atoms with Crippen molar-refractivity contribution in [2.24, 2.45) is 0 Å². The highest BCUT2D eigenvalue weighted by Gasteiger charge is 2.15. The smallest absolute Gasteiger partial charge is 0.261 e. The maximum atomic E-state index is 13.8. The Bertz CT molecular complexity index is 930. The highest BCUT2D eigenvalue weighted by molar-refractivity contribution is 7.14. The number of anilines is 1. The molecule has 0 fully saturated rings. The zero-order chi connectivity index (χ0) is 17.3. The molecule has 122 valence electrons. The Kier molecular flexibility index (Phi) is 4.46. The number of hydrogen-bond acceptors (Lipinski definition) is 4. The molecule has 0 atom stereocenters. The van der Waals surface area contributed by atoms with Crippen LogP contribution >= 0.6 is 22.9 Å². The van der Waals surface area contributed by atoms with Crippen LogP contribution in [0.3, 0.4) is 0 Å². The topological polar surface area (TPSA) is 62.2 Å². The summed E-state index contributed by atoms with van der Waals surface area (Å²) in [6.07, 6.45) is 0. The third-order valence-electron chi connectivity index (χ3n) is 3.13. The third-order valence-corrected chi connectivity index (χ3v) is 4.13. The average Bonchev–Trinajstić information content (AvgIpc) is 3.00. The van der Waals surface area contributed by atoms with E-state index in [0.29, 0.717) is 5.02 Å². The van der Waals surface area contributed by atoms with Gasteiger partial charge in [0.1, 0.15) is 17.4 Å². The summed E-state index contributed by atoms with van der Waals surface area (Å²) in [5.74, 6) is -2.05. The van der Waals surface area contributed by atoms with E-state index in [4.69, 9.17) is 11.6 Å². The molecule has 4 nitrogen and oxygen atoms in total. The number of halogens is 3. The Labute approximate surface area is 144 Å². The Morgan fingerprint density at radius 3 is 2.79 bits per heavy atom. The van der Waals surface area contributed by atoms with Crippen LogP contribution in [0.2, 0.25) is 5.02 Å². The minimum Gasteiger partial charge on any atom is -0.507 e. The molecule has 1 aromatic heterocycles. The Balaban J connectivity index is 1.85. The van der Waals surface area contributed by atoms with E-state index in [1.165, 1.54) is 23.6 Å². The number of rotatable bonds is 3. The van der Waals surface area contributed by atoms with Crippen LogP contribution in [-0.4, -0.2) is 16.0 Å². The van der Waals surface area contributed by atoms with Gasteiger partial charge in [-0.05, 0) is 36.4 Å². The number of nitrogens with zero attached hydrogens (tertiary/aromatic N) is 1. The van der Waals surface area contributed by atoms with Crippen LogP contribution in [0.25, 0.3) is 11.3 Å². The summed E-state index contributed by atoms with van der Waals surface area (Å²) in [6, 6.07) is 7.10. The Hall–Kier alpha value is -2.51. The lowest BCUT2D eigenvalue weighted by Gasteiger charge is -2.04. The van der Waals surface area contributed by atoms with Crippen LogP contribution in [-0.2, 0) is 0 Å². The molecule has 0 aliphatic carbocycles. The largest absolute Gasteiger partial charge is 0.507 e. The number of aromatic hydroxyl groups is 1. The van der Waals surface area contributed by atoms with E-state index in [-0.39, 0.29) is 27.7 Å². The molecule has 1 heterocycles. The van der Waals surface area contributed by atoms with Crippen molar-refractivity contribution in [3.8, 4) is 17.0 Å². The summed E-state index contributed by atoms with van der Waals surface area (Å²) >= 11 is 6.84. The summed E-state index contributed by atoms with van der Waals surface area (Å²) in [5.41, 5.74) is 0.177. The van der Waals surface area contributed by atoms with Crippen molar-refractivity contribution >= 4 is 34.0 Å². The molecule has 24 heavy (non-hydrogen) atoms. The van der Waals surface area contributed by atoms with E-state index in [0.717, 1.165) is 29.5 Å². The van der Waals surface area contributed by atoms with Gasteiger partial charge < -0.3 is 5.11 Å². The van der Waals surface area contributed by atoms with Crippen LogP contribution in [0.1, 0.15) is 10.4 Å². The minimum atomic E-state index is -0.618. The van der Waals surface area contributed by atoms with Gasteiger partial charge in [0, 0.05) is 16.0 Å². The normalized spacial score (nSPS) is 10.6. The summed E-state index contributed by atoms with van der Waals surface area (Å²) in [5, 5.41) is 14.2. The maximum absolute atomic E-state index is 13.8. The zero-order valence-corrected chi connectivity index (χ0v) is 13.5. The lowest BCUT2D eigenvalue weighted by Crippen LogP contribution is -2.11. The molecular weight excluding hydrogens is 358 g/mol. The number of phenols is 1. The predicted molar refractivity (Wildman–Crippen MR) is 88.5 cm³/mol. The lowest BCUT2D eigenvalue weighted by atomic mass is 10.1. The van der Waals surface area contributed by atoms with Gasteiger partial charge in [0.2, 0.25) is 0 Å². The van der Waals surface area contributed by atoms with Crippen LogP contribution in [0, 0.1) is 11.6 Å². The molecule has 0 saturated carbocycles. The number of nitrogens with one attached hydrogen (secondary N) is 1. The highest BCUT2D eigenvalue weighted by Crippen LogP contribution is 2.29. The van der Waals surface area contributed by atoms with Crippen LogP contribution < -0.4 is 5.32 Å². The molecule has 0 radical (unpaired) electrons. The van der Waals surface area contributed by atoms with Crippen molar-refractivity contribution in [2.45, 2.75) is 0 Å². The van der Waals surface area contributed by atoms with Gasteiger partial charge in [-0.2, -0.15) is 0 Å². The number of aromatic nitrogens is 1. The fraction of sp³-hybridized carbons (Fsp3) is 0.